The predicted molar refractivity (Wildman–Crippen MR) is 308 cm³/mol. The van der Waals surface area contributed by atoms with Crippen molar-refractivity contribution in [3.63, 3.8) is 0 Å². The topological polar surface area (TPSA) is 24.0 Å². The standard InChI is InChI=1S/C66H63N3OS/c1-63(2,3)42-18-27-46(28-19-42)67(47-29-20-43(21-30-47)64(4,5)6)50-26-17-40-39-55-53(38-41(40)37-50)57-52-35-36-54(59-58-51-15-13-14-16-56(51)71-62(58)69(60(52)59)61(57)70-55)68(48-31-22-44(23-32-48)65(7,8)9)49-33-24-45(25-34-49)66(10,11)12/h13-39H,1-12H3. The van der Waals surface area contributed by atoms with Gasteiger partial charge >= 0.3 is 0 Å². The smallest absolute Gasteiger partial charge is 0.214 e. The van der Waals surface area contributed by atoms with Crippen molar-refractivity contribution in [3.8, 4) is 0 Å². The van der Waals surface area contributed by atoms with Gasteiger partial charge in [-0.3, -0.25) is 4.40 Å². The van der Waals surface area contributed by atoms with E-state index in [1.54, 1.807) is 0 Å². The van der Waals surface area contributed by atoms with E-state index in [0.29, 0.717) is 0 Å². The van der Waals surface area contributed by atoms with Crippen LogP contribution in [0.25, 0.3) is 69.4 Å². The largest absolute Gasteiger partial charge is 0.439 e. The van der Waals surface area contributed by atoms with Crippen LogP contribution in [-0.2, 0) is 21.7 Å². The Morgan fingerprint density at radius 3 is 1.38 bits per heavy atom. The predicted octanol–water partition coefficient (Wildman–Crippen LogP) is 20.1. The number of anilines is 6. The van der Waals surface area contributed by atoms with Crippen molar-refractivity contribution >= 4 is 115 Å². The van der Waals surface area contributed by atoms with Crippen LogP contribution >= 0.6 is 11.3 Å². The maximum Gasteiger partial charge on any atom is 0.214 e. The highest BCUT2D eigenvalue weighted by atomic mass is 32.1. The van der Waals surface area contributed by atoms with Crippen molar-refractivity contribution in [2.75, 3.05) is 9.80 Å². The molecule has 354 valence electrons. The quantitative estimate of drug-likeness (QED) is 0.166. The van der Waals surface area contributed by atoms with Crippen LogP contribution in [0, 0.1) is 0 Å². The van der Waals surface area contributed by atoms with Crippen molar-refractivity contribution in [1.29, 1.82) is 0 Å². The minimum absolute atomic E-state index is 0.0376. The van der Waals surface area contributed by atoms with E-state index in [2.05, 4.69) is 261 Å². The van der Waals surface area contributed by atoms with Crippen LogP contribution in [0.15, 0.2) is 168 Å². The minimum atomic E-state index is 0.0376. The van der Waals surface area contributed by atoms with Gasteiger partial charge < -0.3 is 14.2 Å². The Balaban J connectivity index is 1.08. The summed E-state index contributed by atoms with van der Waals surface area (Å²) < 4.78 is 10.9. The number of fused-ring (bicyclic) bond motifs is 11. The maximum atomic E-state index is 7.15. The molecule has 0 saturated heterocycles. The van der Waals surface area contributed by atoms with Gasteiger partial charge in [0.1, 0.15) is 10.4 Å². The summed E-state index contributed by atoms with van der Waals surface area (Å²) in [6.45, 7) is 27.4. The summed E-state index contributed by atoms with van der Waals surface area (Å²) in [5.74, 6) is 0. The van der Waals surface area contributed by atoms with E-state index >= 15 is 0 Å². The van der Waals surface area contributed by atoms with Gasteiger partial charge in [0.25, 0.3) is 0 Å². The molecule has 4 heterocycles. The van der Waals surface area contributed by atoms with Crippen LogP contribution in [0.4, 0.5) is 34.1 Å². The molecule has 0 spiro atoms. The fraction of sp³-hybridized carbons (Fsp3) is 0.242. The van der Waals surface area contributed by atoms with Crippen molar-refractivity contribution < 1.29 is 4.42 Å². The average Bonchev–Trinajstić information content (AvgIpc) is 4.06. The molecule has 8 aromatic carbocycles. The fourth-order valence-electron chi connectivity index (χ4n) is 10.9. The second-order valence-corrected chi connectivity index (χ2v) is 25.0. The molecule has 0 unspecified atom stereocenters. The highest BCUT2D eigenvalue weighted by molar-refractivity contribution is 7.25. The normalized spacial score (nSPS) is 13.1. The van der Waals surface area contributed by atoms with Gasteiger partial charge in [-0.1, -0.05) is 156 Å². The zero-order valence-corrected chi connectivity index (χ0v) is 44.1. The van der Waals surface area contributed by atoms with Crippen LogP contribution in [0.3, 0.4) is 0 Å². The Morgan fingerprint density at radius 1 is 0.394 bits per heavy atom. The minimum Gasteiger partial charge on any atom is -0.439 e. The first-order valence-electron chi connectivity index (χ1n) is 25.2. The second-order valence-electron chi connectivity index (χ2n) is 24.0. The third-order valence-electron chi connectivity index (χ3n) is 15.0. The first-order valence-corrected chi connectivity index (χ1v) is 26.1. The summed E-state index contributed by atoms with van der Waals surface area (Å²) in [5.41, 5.74) is 15.2. The molecule has 0 N–H and O–H groups in total. The van der Waals surface area contributed by atoms with E-state index in [0.717, 1.165) is 61.6 Å². The molecule has 71 heavy (non-hydrogen) atoms. The zero-order chi connectivity index (χ0) is 49.5. The van der Waals surface area contributed by atoms with Crippen LogP contribution < -0.4 is 9.80 Å². The average molecular weight is 946 g/mol. The molecule has 0 aliphatic rings. The van der Waals surface area contributed by atoms with Gasteiger partial charge in [0.15, 0.2) is 0 Å². The molecule has 5 heteroatoms. The maximum absolute atomic E-state index is 7.15. The lowest BCUT2D eigenvalue weighted by molar-refractivity contribution is 0.590. The van der Waals surface area contributed by atoms with E-state index in [-0.39, 0.29) is 21.7 Å². The van der Waals surface area contributed by atoms with E-state index in [1.165, 1.54) is 64.2 Å². The highest BCUT2D eigenvalue weighted by Gasteiger charge is 2.30. The summed E-state index contributed by atoms with van der Waals surface area (Å²) in [7, 11) is 0. The number of aromatic nitrogens is 1. The first kappa shape index (κ1) is 45.1. The van der Waals surface area contributed by atoms with Crippen LogP contribution in [0.5, 0.6) is 0 Å². The number of hydrogen-bond acceptors (Lipinski definition) is 4. The molecule has 0 fully saturated rings. The van der Waals surface area contributed by atoms with Gasteiger partial charge in [-0.25, -0.2) is 0 Å². The molecule has 4 aromatic heterocycles. The lowest BCUT2D eigenvalue weighted by atomic mass is 9.86. The van der Waals surface area contributed by atoms with Crippen molar-refractivity contribution in [3.05, 3.63) is 186 Å². The highest BCUT2D eigenvalue weighted by Crippen LogP contribution is 2.53. The summed E-state index contributed by atoms with van der Waals surface area (Å²) in [5, 5.41) is 9.57. The number of benzene rings is 8. The number of rotatable bonds is 6. The summed E-state index contributed by atoms with van der Waals surface area (Å²) in [4.78, 5) is 6.07. The summed E-state index contributed by atoms with van der Waals surface area (Å²) in [6, 6.07) is 61.7. The van der Waals surface area contributed by atoms with Crippen LogP contribution in [-0.4, -0.2) is 4.40 Å². The molecule has 0 saturated carbocycles. The Morgan fingerprint density at radius 2 is 0.873 bits per heavy atom. The lowest BCUT2D eigenvalue weighted by Gasteiger charge is -2.28. The van der Waals surface area contributed by atoms with Gasteiger partial charge in [0.05, 0.1) is 16.6 Å². The Hall–Kier alpha value is -7.08. The van der Waals surface area contributed by atoms with Gasteiger partial charge in [0, 0.05) is 60.1 Å². The van der Waals surface area contributed by atoms with Gasteiger partial charge in [-0.05, 0) is 146 Å². The SMILES string of the molecule is CC(C)(C)c1ccc(N(c2ccc(C(C)(C)C)cc2)c2ccc3cc4oc5c(c4cc3c2)c2ccc(N(c3ccc(C(C)(C)C)cc3)c3ccc(C(C)(C)C)cc3)c3c4c6ccccc6sc4n5c23)cc1. The van der Waals surface area contributed by atoms with Crippen molar-refractivity contribution in [2.45, 2.75) is 105 Å². The first-order chi connectivity index (χ1) is 33.7. The van der Waals surface area contributed by atoms with Gasteiger partial charge in [0.2, 0.25) is 5.71 Å². The molecular formula is C66H63N3OS. The monoisotopic (exact) mass is 945 g/mol. The molecule has 0 amide bonds. The third-order valence-corrected chi connectivity index (χ3v) is 16.1. The molecule has 4 nitrogen and oxygen atoms in total. The fourth-order valence-corrected chi connectivity index (χ4v) is 12.1. The molecular weight excluding hydrogens is 883 g/mol. The second kappa shape index (κ2) is 15.7. The Kier molecular flexibility index (Phi) is 9.98. The molecule has 0 atom stereocenters. The molecule has 0 aliphatic carbocycles. The molecule has 0 radical (unpaired) electrons. The molecule has 0 aliphatic heterocycles. The number of thiophene rings is 1. The van der Waals surface area contributed by atoms with Gasteiger partial charge in [-0.15, -0.1) is 11.3 Å². The van der Waals surface area contributed by atoms with E-state index < -0.39 is 0 Å². The summed E-state index contributed by atoms with van der Waals surface area (Å²) in [6.07, 6.45) is 0. The van der Waals surface area contributed by atoms with E-state index in [1.807, 2.05) is 11.3 Å². The van der Waals surface area contributed by atoms with Crippen LogP contribution in [0.1, 0.15) is 105 Å². The van der Waals surface area contributed by atoms with Gasteiger partial charge in [-0.2, -0.15) is 0 Å². The third kappa shape index (κ3) is 7.38. The van der Waals surface area contributed by atoms with Crippen molar-refractivity contribution in [2.24, 2.45) is 0 Å². The molecule has 12 aromatic rings. The summed E-state index contributed by atoms with van der Waals surface area (Å²) >= 11 is 1.85. The van der Waals surface area contributed by atoms with E-state index in [9.17, 15) is 0 Å². The lowest BCUT2D eigenvalue weighted by Crippen LogP contribution is -2.14. The Labute approximate surface area is 422 Å². The molecule has 12 rings (SSSR count). The Bertz CT molecular complexity index is 3870. The van der Waals surface area contributed by atoms with Crippen molar-refractivity contribution in [1.82, 2.24) is 4.40 Å². The number of hydrogen-bond donors (Lipinski definition) is 0. The number of nitrogens with zero attached hydrogens (tertiary/aromatic N) is 3. The molecule has 0 bridgehead atoms. The number of furan rings is 1. The van der Waals surface area contributed by atoms with Crippen LogP contribution in [0.2, 0.25) is 0 Å². The zero-order valence-electron chi connectivity index (χ0n) is 43.2. The van der Waals surface area contributed by atoms with E-state index in [4.69, 9.17) is 4.42 Å².